The summed E-state index contributed by atoms with van der Waals surface area (Å²) in [6.45, 7) is 5.62. The van der Waals surface area contributed by atoms with Crippen LogP contribution in [0.5, 0.6) is 0 Å². The molecule has 1 fully saturated rings. The number of nitrogen functional groups attached to an aromatic ring is 1. The Morgan fingerprint density at radius 2 is 2.40 bits per heavy atom. The zero-order valence-electron chi connectivity index (χ0n) is 9.44. The van der Waals surface area contributed by atoms with Crippen LogP contribution in [-0.4, -0.2) is 22.0 Å². The molecule has 84 valence electrons. The molecule has 0 aromatic carbocycles. The van der Waals surface area contributed by atoms with Gasteiger partial charge in [0.1, 0.15) is 0 Å². The van der Waals surface area contributed by atoms with Gasteiger partial charge in [0.15, 0.2) is 5.13 Å². The Labute approximate surface area is 95.3 Å². The molecule has 4 heteroatoms. The van der Waals surface area contributed by atoms with Crippen LogP contribution in [0.25, 0.3) is 0 Å². The van der Waals surface area contributed by atoms with Gasteiger partial charge in [-0.2, -0.15) is 0 Å². The normalized spacial score (nSPS) is 27.3. The minimum atomic E-state index is 0.685. The van der Waals surface area contributed by atoms with Crippen LogP contribution in [-0.2, 0) is 6.54 Å². The first-order chi connectivity index (χ1) is 7.20. The molecule has 1 aromatic heterocycles. The molecule has 0 bridgehead atoms. The molecule has 0 spiro atoms. The van der Waals surface area contributed by atoms with Crippen molar-refractivity contribution in [1.29, 1.82) is 0 Å². The zero-order valence-corrected chi connectivity index (χ0v) is 10.3. The average molecular weight is 225 g/mol. The van der Waals surface area contributed by atoms with Crippen molar-refractivity contribution in [3.63, 3.8) is 0 Å². The van der Waals surface area contributed by atoms with Gasteiger partial charge in [0.25, 0.3) is 0 Å². The molecule has 1 aliphatic rings. The standard InChI is InChI=1S/C11H19N3S/c1-3-9-5-4-8(2)14(9)7-10-6-13-11(12)15-10/h6,8-9H,3-5,7H2,1-2H3,(H2,12,13). The summed E-state index contributed by atoms with van der Waals surface area (Å²) in [7, 11) is 0. The van der Waals surface area contributed by atoms with Crippen LogP contribution in [0.1, 0.15) is 38.0 Å². The van der Waals surface area contributed by atoms with Gasteiger partial charge in [0.05, 0.1) is 0 Å². The van der Waals surface area contributed by atoms with Gasteiger partial charge in [0.2, 0.25) is 0 Å². The molecule has 0 radical (unpaired) electrons. The summed E-state index contributed by atoms with van der Waals surface area (Å²) in [6.07, 6.45) is 5.83. The molecule has 2 N–H and O–H groups in total. The monoisotopic (exact) mass is 225 g/mol. The van der Waals surface area contributed by atoms with E-state index < -0.39 is 0 Å². The van der Waals surface area contributed by atoms with Gasteiger partial charge in [-0.3, -0.25) is 4.90 Å². The number of hydrogen-bond donors (Lipinski definition) is 1. The van der Waals surface area contributed by atoms with E-state index >= 15 is 0 Å². The summed E-state index contributed by atoms with van der Waals surface area (Å²) < 4.78 is 0. The van der Waals surface area contributed by atoms with Crippen LogP contribution in [0.3, 0.4) is 0 Å². The van der Waals surface area contributed by atoms with E-state index in [0.29, 0.717) is 11.2 Å². The van der Waals surface area contributed by atoms with Gasteiger partial charge < -0.3 is 5.73 Å². The van der Waals surface area contributed by atoms with Crippen molar-refractivity contribution < 1.29 is 0 Å². The molecule has 1 aliphatic heterocycles. The van der Waals surface area contributed by atoms with Crippen molar-refractivity contribution in [2.45, 2.75) is 51.7 Å². The highest BCUT2D eigenvalue weighted by atomic mass is 32.1. The van der Waals surface area contributed by atoms with Gasteiger partial charge in [-0.1, -0.05) is 6.92 Å². The molecule has 1 saturated heterocycles. The first-order valence-corrected chi connectivity index (χ1v) is 6.48. The SMILES string of the molecule is CCC1CCC(C)N1Cc1cnc(N)s1. The van der Waals surface area contributed by atoms with Crippen molar-refractivity contribution in [1.82, 2.24) is 9.88 Å². The maximum Gasteiger partial charge on any atom is 0.180 e. The van der Waals surface area contributed by atoms with E-state index in [0.717, 1.165) is 12.6 Å². The van der Waals surface area contributed by atoms with E-state index in [1.54, 1.807) is 11.3 Å². The second-order valence-electron chi connectivity index (χ2n) is 4.33. The van der Waals surface area contributed by atoms with Gasteiger partial charge in [-0.15, -0.1) is 11.3 Å². The average Bonchev–Trinajstić information content (AvgIpc) is 2.76. The molecule has 15 heavy (non-hydrogen) atoms. The van der Waals surface area contributed by atoms with Crippen molar-refractivity contribution in [2.24, 2.45) is 0 Å². The molecule has 2 heterocycles. The lowest BCUT2D eigenvalue weighted by Gasteiger charge is -2.26. The fourth-order valence-corrected chi connectivity index (χ4v) is 3.12. The third-order valence-electron chi connectivity index (χ3n) is 3.33. The number of aromatic nitrogens is 1. The smallest absolute Gasteiger partial charge is 0.180 e. The van der Waals surface area contributed by atoms with Crippen molar-refractivity contribution in [3.05, 3.63) is 11.1 Å². The Morgan fingerprint density at radius 3 is 3.00 bits per heavy atom. The number of nitrogens with two attached hydrogens (primary N) is 1. The predicted molar refractivity (Wildman–Crippen MR) is 64.8 cm³/mol. The number of hydrogen-bond acceptors (Lipinski definition) is 4. The third kappa shape index (κ3) is 2.32. The highest BCUT2D eigenvalue weighted by Gasteiger charge is 2.29. The molecule has 2 rings (SSSR count). The minimum absolute atomic E-state index is 0.685. The van der Waals surface area contributed by atoms with E-state index in [1.165, 1.54) is 24.1 Å². The van der Waals surface area contributed by atoms with E-state index in [2.05, 4.69) is 23.7 Å². The predicted octanol–water partition coefficient (Wildman–Crippen LogP) is 2.49. The van der Waals surface area contributed by atoms with Crippen LogP contribution >= 0.6 is 11.3 Å². The highest BCUT2D eigenvalue weighted by Crippen LogP contribution is 2.29. The maximum atomic E-state index is 5.64. The molecular weight excluding hydrogens is 206 g/mol. The first kappa shape index (κ1) is 10.9. The number of rotatable bonds is 3. The zero-order chi connectivity index (χ0) is 10.8. The Morgan fingerprint density at radius 1 is 1.60 bits per heavy atom. The fourth-order valence-electron chi connectivity index (χ4n) is 2.42. The second-order valence-corrected chi connectivity index (χ2v) is 5.47. The van der Waals surface area contributed by atoms with Crippen LogP contribution in [0.15, 0.2) is 6.20 Å². The van der Waals surface area contributed by atoms with Crippen molar-refractivity contribution in [2.75, 3.05) is 5.73 Å². The summed E-state index contributed by atoms with van der Waals surface area (Å²) in [5.41, 5.74) is 5.64. The summed E-state index contributed by atoms with van der Waals surface area (Å²) in [4.78, 5) is 7.99. The molecule has 0 amide bonds. The molecule has 3 nitrogen and oxygen atoms in total. The number of anilines is 1. The first-order valence-electron chi connectivity index (χ1n) is 5.66. The number of nitrogens with zero attached hydrogens (tertiary/aromatic N) is 2. The molecule has 2 atom stereocenters. The van der Waals surface area contributed by atoms with E-state index in [-0.39, 0.29) is 0 Å². The lowest BCUT2D eigenvalue weighted by atomic mass is 10.1. The molecule has 0 saturated carbocycles. The second kappa shape index (κ2) is 4.49. The summed E-state index contributed by atoms with van der Waals surface area (Å²) in [5.74, 6) is 0. The largest absolute Gasteiger partial charge is 0.375 e. The van der Waals surface area contributed by atoms with E-state index in [1.807, 2.05) is 6.20 Å². The summed E-state index contributed by atoms with van der Waals surface area (Å²) >= 11 is 1.61. The highest BCUT2D eigenvalue weighted by molar-refractivity contribution is 7.15. The number of thiazole rings is 1. The van der Waals surface area contributed by atoms with Crippen molar-refractivity contribution in [3.8, 4) is 0 Å². The summed E-state index contributed by atoms with van der Waals surface area (Å²) in [6, 6.07) is 1.46. The Balaban J connectivity index is 2.03. The lowest BCUT2D eigenvalue weighted by molar-refractivity contribution is 0.191. The van der Waals surface area contributed by atoms with Gasteiger partial charge in [-0.25, -0.2) is 4.98 Å². The molecular formula is C11H19N3S. The van der Waals surface area contributed by atoms with E-state index in [4.69, 9.17) is 5.73 Å². The molecule has 2 unspecified atom stereocenters. The lowest BCUT2D eigenvalue weighted by Crippen LogP contribution is -2.33. The quantitative estimate of drug-likeness (QED) is 0.859. The minimum Gasteiger partial charge on any atom is -0.375 e. The van der Waals surface area contributed by atoms with Gasteiger partial charge in [-0.05, 0) is 26.2 Å². The van der Waals surface area contributed by atoms with Gasteiger partial charge in [0, 0.05) is 29.7 Å². The summed E-state index contributed by atoms with van der Waals surface area (Å²) in [5, 5.41) is 0.685. The van der Waals surface area contributed by atoms with Crippen LogP contribution in [0.2, 0.25) is 0 Å². The number of likely N-dealkylation sites (tertiary alicyclic amines) is 1. The Kier molecular flexibility index (Phi) is 3.26. The van der Waals surface area contributed by atoms with Crippen LogP contribution in [0, 0.1) is 0 Å². The van der Waals surface area contributed by atoms with Crippen molar-refractivity contribution >= 4 is 16.5 Å². The molecule has 0 aliphatic carbocycles. The molecule has 1 aromatic rings. The van der Waals surface area contributed by atoms with Gasteiger partial charge >= 0.3 is 0 Å². The van der Waals surface area contributed by atoms with Crippen LogP contribution < -0.4 is 5.73 Å². The fraction of sp³-hybridized carbons (Fsp3) is 0.727. The van der Waals surface area contributed by atoms with Crippen LogP contribution in [0.4, 0.5) is 5.13 Å². The van der Waals surface area contributed by atoms with E-state index in [9.17, 15) is 0 Å². The maximum absolute atomic E-state index is 5.64. The Bertz CT molecular complexity index is 323. The topological polar surface area (TPSA) is 42.2 Å². The Hall–Kier alpha value is -0.610. The third-order valence-corrected chi connectivity index (χ3v) is 4.15.